The summed E-state index contributed by atoms with van der Waals surface area (Å²) in [5.74, 6) is -1.98. The fraction of sp³-hybridized carbons (Fsp3) is 0.250. The van der Waals surface area contributed by atoms with Gasteiger partial charge in [0.1, 0.15) is 5.82 Å². The van der Waals surface area contributed by atoms with Crippen molar-refractivity contribution in [1.29, 1.82) is 0 Å². The molecule has 6 nitrogen and oxygen atoms in total. The summed E-state index contributed by atoms with van der Waals surface area (Å²) in [5.41, 5.74) is 2.20. The number of nitrogens with one attached hydrogen (secondary N) is 3. The van der Waals surface area contributed by atoms with Gasteiger partial charge in [-0.25, -0.2) is 4.39 Å². The van der Waals surface area contributed by atoms with E-state index in [0.717, 1.165) is 5.56 Å². The third-order valence-corrected chi connectivity index (χ3v) is 4.36. The highest BCUT2D eigenvalue weighted by atomic mass is 19.1. The van der Waals surface area contributed by atoms with E-state index < -0.39 is 11.7 Å². The molecule has 2 aromatic carbocycles. The second-order valence-electron chi connectivity index (χ2n) is 6.31. The Bertz CT molecular complexity index is 898. The lowest BCUT2D eigenvalue weighted by Crippen LogP contribution is -2.34. The minimum atomic E-state index is -0.680. The van der Waals surface area contributed by atoms with Crippen LogP contribution in [0, 0.1) is 5.82 Å². The van der Waals surface area contributed by atoms with E-state index in [1.54, 1.807) is 24.3 Å². The molecule has 3 N–H and O–H groups in total. The summed E-state index contributed by atoms with van der Waals surface area (Å²) < 4.78 is 13.4. The zero-order chi connectivity index (χ0) is 19.4. The van der Waals surface area contributed by atoms with Gasteiger partial charge in [0.25, 0.3) is 5.91 Å². The SMILES string of the molecule is CCNC(=O)c1cccc(CNC(=O)[C@@H]2CC(=O)Nc3cc(F)ccc32)c1. The van der Waals surface area contributed by atoms with Crippen LogP contribution >= 0.6 is 0 Å². The van der Waals surface area contributed by atoms with E-state index in [-0.39, 0.29) is 30.7 Å². The molecule has 7 heteroatoms. The number of anilines is 1. The van der Waals surface area contributed by atoms with Crippen LogP contribution < -0.4 is 16.0 Å². The lowest BCUT2D eigenvalue weighted by atomic mass is 9.89. The molecule has 1 aliphatic heterocycles. The van der Waals surface area contributed by atoms with E-state index >= 15 is 0 Å². The predicted molar refractivity (Wildman–Crippen MR) is 98.7 cm³/mol. The summed E-state index contributed by atoms with van der Waals surface area (Å²) >= 11 is 0. The predicted octanol–water partition coefficient (Wildman–Crippen LogP) is 2.32. The van der Waals surface area contributed by atoms with Gasteiger partial charge in [0, 0.05) is 30.8 Å². The van der Waals surface area contributed by atoms with Gasteiger partial charge in [-0.3, -0.25) is 14.4 Å². The summed E-state index contributed by atoms with van der Waals surface area (Å²) in [6, 6.07) is 11.0. The van der Waals surface area contributed by atoms with Crippen LogP contribution in [0.3, 0.4) is 0 Å². The first-order chi connectivity index (χ1) is 13.0. The Morgan fingerprint density at radius 1 is 1.19 bits per heavy atom. The molecule has 0 unspecified atom stereocenters. The lowest BCUT2D eigenvalue weighted by molar-refractivity contribution is -0.126. The van der Waals surface area contributed by atoms with Gasteiger partial charge < -0.3 is 16.0 Å². The minimum Gasteiger partial charge on any atom is -0.352 e. The van der Waals surface area contributed by atoms with Gasteiger partial charge in [0.15, 0.2) is 0 Å². The van der Waals surface area contributed by atoms with Crippen molar-refractivity contribution in [2.24, 2.45) is 0 Å². The first-order valence-corrected chi connectivity index (χ1v) is 8.72. The van der Waals surface area contributed by atoms with Gasteiger partial charge in [0.2, 0.25) is 11.8 Å². The number of carbonyl (C=O) groups is 3. The molecule has 1 heterocycles. The molecule has 1 atom stereocenters. The molecule has 0 aliphatic carbocycles. The average Bonchev–Trinajstić information content (AvgIpc) is 2.65. The monoisotopic (exact) mass is 369 g/mol. The zero-order valence-electron chi connectivity index (χ0n) is 14.8. The fourth-order valence-corrected chi connectivity index (χ4v) is 3.07. The van der Waals surface area contributed by atoms with Crippen LogP contribution in [0.4, 0.5) is 10.1 Å². The molecular formula is C20H20FN3O3. The smallest absolute Gasteiger partial charge is 0.251 e. The van der Waals surface area contributed by atoms with Crippen molar-refractivity contribution in [2.45, 2.75) is 25.8 Å². The molecule has 1 aliphatic rings. The number of fused-ring (bicyclic) bond motifs is 1. The molecule has 0 bridgehead atoms. The van der Waals surface area contributed by atoms with E-state index in [2.05, 4.69) is 16.0 Å². The van der Waals surface area contributed by atoms with Crippen molar-refractivity contribution in [2.75, 3.05) is 11.9 Å². The van der Waals surface area contributed by atoms with Gasteiger partial charge in [0.05, 0.1) is 5.92 Å². The van der Waals surface area contributed by atoms with Crippen molar-refractivity contribution in [3.8, 4) is 0 Å². The molecule has 140 valence electrons. The van der Waals surface area contributed by atoms with E-state index in [1.807, 2.05) is 6.92 Å². The van der Waals surface area contributed by atoms with Crippen LogP contribution in [-0.4, -0.2) is 24.3 Å². The van der Waals surface area contributed by atoms with Crippen LogP contribution in [-0.2, 0) is 16.1 Å². The number of halogens is 1. The van der Waals surface area contributed by atoms with Crippen LogP contribution in [0.2, 0.25) is 0 Å². The maximum absolute atomic E-state index is 13.4. The molecule has 2 aromatic rings. The van der Waals surface area contributed by atoms with Gasteiger partial charge >= 0.3 is 0 Å². The second-order valence-corrected chi connectivity index (χ2v) is 6.31. The number of rotatable bonds is 5. The third-order valence-electron chi connectivity index (χ3n) is 4.36. The molecule has 0 saturated carbocycles. The zero-order valence-corrected chi connectivity index (χ0v) is 14.8. The van der Waals surface area contributed by atoms with Crippen molar-refractivity contribution >= 4 is 23.4 Å². The highest BCUT2D eigenvalue weighted by Gasteiger charge is 2.30. The minimum absolute atomic E-state index is 0.00338. The van der Waals surface area contributed by atoms with Crippen molar-refractivity contribution in [1.82, 2.24) is 10.6 Å². The average molecular weight is 369 g/mol. The lowest BCUT2D eigenvalue weighted by Gasteiger charge is -2.25. The van der Waals surface area contributed by atoms with Crippen molar-refractivity contribution < 1.29 is 18.8 Å². The Morgan fingerprint density at radius 3 is 2.78 bits per heavy atom. The quantitative estimate of drug-likeness (QED) is 0.756. The van der Waals surface area contributed by atoms with Gasteiger partial charge in [-0.15, -0.1) is 0 Å². The molecular weight excluding hydrogens is 349 g/mol. The van der Waals surface area contributed by atoms with Crippen molar-refractivity contribution in [3.63, 3.8) is 0 Å². The Labute approximate surface area is 156 Å². The fourth-order valence-electron chi connectivity index (χ4n) is 3.07. The number of hydrogen-bond acceptors (Lipinski definition) is 3. The van der Waals surface area contributed by atoms with E-state index in [9.17, 15) is 18.8 Å². The number of carbonyl (C=O) groups excluding carboxylic acids is 3. The van der Waals surface area contributed by atoms with Crippen molar-refractivity contribution in [3.05, 3.63) is 65.0 Å². The summed E-state index contributed by atoms with van der Waals surface area (Å²) in [4.78, 5) is 36.4. The maximum Gasteiger partial charge on any atom is 0.251 e. The van der Waals surface area contributed by atoms with Crippen LogP contribution in [0.15, 0.2) is 42.5 Å². The molecule has 0 aromatic heterocycles. The second kappa shape index (κ2) is 7.99. The summed E-state index contributed by atoms with van der Waals surface area (Å²) in [6.07, 6.45) is 0.00338. The molecule has 3 amide bonds. The highest BCUT2D eigenvalue weighted by molar-refractivity contribution is 6.01. The number of benzene rings is 2. The number of amides is 3. The molecule has 3 rings (SSSR count). The largest absolute Gasteiger partial charge is 0.352 e. The van der Waals surface area contributed by atoms with Crippen LogP contribution in [0.5, 0.6) is 0 Å². The Hall–Kier alpha value is -3.22. The summed E-state index contributed by atoms with van der Waals surface area (Å²) in [7, 11) is 0. The normalized spacial score (nSPS) is 15.5. The van der Waals surface area contributed by atoms with Gasteiger partial charge in [-0.1, -0.05) is 18.2 Å². The number of hydrogen-bond donors (Lipinski definition) is 3. The first-order valence-electron chi connectivity index (χ1n) is 8.72. The molecule has 0 spiro atoms. The van der Waals surface area contributed by atoms with Crippen LogP contribution in [0.1, 0.15) is 40.7 Å². The third kappa shape index (κ3) is 4.31. The van der Waals surface area contributed by atoms with Crippen LogP contribution in [0.25, 0.3) is 0 Å². The first kappa shape index (κ1) is 18.6. The Kier molecular flexibility index (Phi) is 5.49. The van der Waals surface area contributed by atoms with Gasteiger partial charge in [-0.2, -0.15) is 0 Å². The summed E-state index contributed by atoms with van der Waals surface area (Å²) in [6.45, 7) is 2.59. The molecule has 0 radical (unpaired) electrons. The van der Waals surface area contributed by atoms with E-state index in [4.69, 9.17) is 0 Å². The van der Waals surface area contributed by atoms with E-state index in [1.165, 1.54) is 18.2 Å². The molecule has 0 fully saturated rings. The van der Waals surface area contributed by atoms with Gasteiger partial charge in [-0.05, 0) is 42.3 Å². The Morgan fingerprint density at radius 2 is 2.00 bits per heavy atom. The molecule has 0 saturated heterocycles. The highest BCUT2D eigenvalue weighted by Crippen LogP contribution is 2.32. The van der Waals surface area contributed by atoms with E-state index in [0.29, 0.717) is 23.4 Å². The Balaban J connectivity index is 1.71. The molecule has 27 heavy (non-hydrogen) atoms. The standard InChI is InChI=1S/C20H20FN3O3/c1-2-22-19(26)13-5-3-4-12(8-13)11-23-20(27)16-10-18(25)24-17-9-14(21)6-7-15(16)17/h3-9,16H,2,10-11H2,1H3,(H,22,26)(H,23,27)(H,24,25)/t16-/m1/s1. The maximum atomic E-state index is 13.4. The summed E-state index contributed by atoms with van der Waals surface area (Å²) in [5, 5.41) is 8.11. The topological polar surface area (TPSA) is 87.3 Å².